The number of nitrogens with zero attached hydrogens (tertiary/aromatic N) is 24. The predicted molar refractivity (Wildman–Crippen MR) is 504 cm³/mol. The third kappa shape index (κ3) is 37.1. The molecular formula is C83H99F3N24O36S4. The van der Waals surface area contributed by atoms with Crippen molar-refractivity contribution in [2.45, 2.75) is 194 Å². The fourth-order valence-electron chi connectivity index (χ4n) is 12.3. The number of imidazole rings is 7. The van der Waals surface area contributed by atoms with E-state index in [0.717, 1.165) is 110 Å². The van der Waals surface area contributed by atoms with Gasteiger partial charge in [0.25, 0.3) is 40.5 Å². The minimum Gasteiger partial charge on any atom is -0.394 e. The first-order chi connectivity index (χ1) is 70.7. The molecule has 60 nitrogen and oxygen atoms in total. The molecule has 1 saturated heterocycles. The maximum absolute atomic E-state index is 12.4. The SMILES string of the molecule is CCC(O)Cn1cncc1[N+](=O)[O-].CCCCC(=O)Cn1cncc1[N+](=O)[O-].Cc1ccc(S(=O)(=O)OCC(CO)n2cc(Cn3cncc3[N+](=O)[O-])nn2)cc1.Cc1ccc(S(=O)(=O)OCC(O)C(O)Cn2cncc2[N+](=O)[O-])cc1.Cc1ccc(S(=O)(=O)OCC(O)Cn2cncc2[N+](=O)[O-])cc1.Cc1ccc(S(=O)(=O)OCC2OC(n3cncc3[N+](=O)[O-])C(O)C2O)cc1.O=C(CCC(F)=C(F)F)Cn1cncc1[N+](=O)[O-]. The number of aliphatic hydroxyl groups is 7. The molecule has 7 N–H and O–H groups in total. The smallest absolute Gasteiger partial charge is 0.344 e. The van der Waals surface area contributed by atoms with Crippen LogP contribution >= 0.6 is 0 Å². The van der Waals surface area contributed by atoms with E-state index in [0.29, 0.717) is 18.5 Å². The summed E-state index contributed by atoms with van der Waals surface area (Å²) >= 11 is 0. The van der Waals surface area contributed by atoms with E-state index in [-0.39, 0.29) is 93.8 Å². The Kier molecular flexibility index (Phi) is 46.3. The van der Waals surface area contributed by atoms with Crippen molar-refractivity contribution in [1.82, 2.24) is 81.9 Å². The molecular weight excluding hydrogens is 2090 g/mol. The van der Waals surface area contributed by atoms with E-state index in [4.69, 9.17) is 21.5 Å². The molecule has 1 aliphatic rings. The Balaban J connectivity index is 0.000000240. The van der Waals surface area contributed by atoms with Gasteiger partial charge in [-0.15, -0.1) is 5.10 Å². The summed E-state index contributed by atoms with van der Waals surface area (Å²) in [6.07, 6.45) is 5.94. The summed E-state index contributed by atoms with van der Waals surface area (Å²) in [5.41, 5.74) is 3.92. The van der Waals surface area contributed by atoms with Crippen molar-refractivity contribution in [1.29, 1.82) is 0 Å². The van der Waals surface area contributed by atoms with Gasteiger partial charge in [0.15, 0.2) is 74.8 Å². The minimum absolute atomic E-state index is 0.00190. The van der Waals surface area contributed by atoms with Gasteiger partial charge in [-0.2, -0.15) is 47.0 Å². The zero-order chi connectivity index (χ0) is 111. The van der Waals surface area contributed by atoms with Gasteiger partial charge in [-0.1, -0.05) is 96.3 Å². The topological polar surface area (TPSA) is 816 Å². The number of hydrogen-bond donors (Lipinski definition) is 7. The Morgan fingerprint density at radius 2 is 0.767 bits per heavy atom. The highest BCUT2D eigenvalue weighted by atomic mass is 32.2. The van der Waals surface area contributed by atoms with E-state index in [2.05, 4.69) is 45.2 Å². The lowest BCUT2D eigenvalue weighted by atomic mass is 10.1. The third-order valence-electron chi connectivity index (χ3n) is 20.5. The minimum atomic E-state index is -4.10. The second-order valence-corrected chi connectivity index (χ2v) is 38.2. The molecule has 67 heteroatoms. The van der Waals surface area contributed by atoms with Gasteiger partial charge in [0.1, 0.15) is 118 Å². The number of benzene rings is 4. The summed E-state index contributed by atoms with van der Waals surface area (Å²) in [6, 6.07) is 23.3. The van der Waals surface area contributed by atoms with Crippen LogP contribution in [0.2, 0.25) is 0 Å². The fraction of sp³-hybridized carbons (Fsp3) is 0.386. The maximum atomic E-state index is 12.4. The van der Waals surface area contributed by atoms with Gasteiger partial charge in [-0.3, -0.25) is 26.3 Å². The van der Waals surface area contributed by atoms with Gasteiger partial charge in [-0.05, 0) is 124 Å². The molecule has 0 bridgehead atoms. The van der Waals surface area contributed by atoms with Gasteiger partial charge >= 0.3 is 46.8 Å². The number of carbonyl (C=O) groups is 2. The molecule has 0 radical (unpaired) electrons. The second kappa shape index (κ2) is 57.1. The summed E-state index contributed by atoms with van der Waals surface area (Å²) in [6.45, 7) is 7.79. The quantitative estimate of drug-likeness (QED) is 0.0126. The number of aromatic nitrogens is 17. The van der Waals surface area contributed by atoms with E-state index >= 15 is 0 Å². The normalized spacial score (nSPS) is 14.8. The standard InChI is InChI=1S/C16H18N6O6S.C15H17N3O8S.C14H17N3O7S.C13H15N3O6S.C9H8F3N3O3.C9H13N3O3.C7H11N3O3/c1-12-2-4-15(5-3-12)29(26,27)28-10-14(9-23)21-8-13(18-19-21)7-20-11-17-6-16(20)22(24)25;1-9-2-4-10(5-3-9)27(23,24)25-7-11-13(19)14(20)15(26-11)17-8-16-6-12(17)18(21)22;1-10-2-4-11(5-3-10)25(22,23)24-8-13(19)12(18)7-16-9-15-6-14(16)17(20)21;1-10-2-4-12(5-3-10)23(20,21)22-8-11(17)7-15-9-14-6-13(15)16(18)19;10-7(9(11)12)2-1-6(16)4-14-5-13-3-8(14)15(17)18;1-2-3-4-8(13)6-11-7-10-5-9(11)12(14)15;1-2-6(11)4-9-5-8-3-7(9)10(12)13/h2-6,8,11,14,23H,7,9-10H2,1H3;2-6,8,11,13-15,19-20H,7H2,1H3;2-6,9,12-13,18-19H,7-8H2,1H3;2-6,9,11,17H,7-8H2,1H3;3,5H,1-2,4H2;5,7H,2-4,6H2,1H3;3,5-6,11H,2,4H2,1H3. The van der Waals surface area contributed by atoms with E-state index in [1.54, 1.807) is 62.4 Å². The zero-order valence-corrected chi connectivity index (χ0v) is 82.9. The first kappa shape index (κ1) is 121. The molecule has 812 valence electrons. The van der Waals surface area contributed by atoms with Gasteiger partial charge in [0.05, 0.1) is 64.9 Å². The second-order valence-electron chi connectivity index (χ2n) is 31.8. The summed E-state index contributed by atoms with van der Waals surface area (Å²) in [5.74, 6) is -4.19. The zero-order valence-electron chi connectivity index (χ0n) is 79.6. The largest absolute Gasteiger partial charge is 0.394 e. The van der Waals surface area contributed by atoms with Crippen molar-refractivity contribution < 1.29 is 148 Å². The molecule has 9 unspecified atom stereocenters. The Bertz CT molecular complexity index is 7050. The van der Waals surface area contributed by atoms with E-state index < -0.39 is 205 Å². The van der Waals surface area contributed by atoms with Crippen LogP contribution in [-0.2, 0) is 111 Å². The van der Waals surface area contributed by atoms with Crippen LogP contribution < -0.4 is 0 Å². The highest BCUT2D eigenvalue weighted by Gasteiger charge is 2.48. The van der Waals surface area contributed by atoms with Crippen LogP contribution in [-0.4, -0.2) is 273 Å². The molecule has 0 spiro atoms. The Morgan fingerprint density at radius 3 is 1.15 bits per heavy atom. The monoisotopic (exact) mass is 2190 g/mol. The molecule has 150 heavy (non-hydrogen) atoms. The fourth-order valence-corrected chi connectivity index (χ4v) is 16.1. The van der Waals surface area contributed by atoms with Crippen molar-refractivity contribution in [2.24, 2.45) is 0 Å². The van der Waals surface area contributed by atoms with Gasteiger partial charge in [0.2, 0.25) is 6.23 Å². The van der Waals surface area contributed by atoms with E-state index in [9.17, 15) is 163 Å². The molecule has 1 fully saturated rings. The third-order valence-corrected chi connectivity index (χ3v) is 25.7. The molecule has 4 aromatic carbocycles. The van der Waals surface area contributed by atoms with Crippen molar-refractivity contribution in [2.75, 3.05) is 33.0 Å². The van der Waals surface area contributed by atoms with Crippen molar-refractivity contribution in [3.05, 3.63) is 302 Å². The number of hydrogen-bond acceptors (Lipinski definition) is 45. The molecule has 9 heterocycles. The summed E-state index contributed by atoms with van der Waals surface area (Å²) in [7, 11) is -16.2. The van der Waals surface area contributed by atoms with Gasteiger partial charge in [-0.25, -0.2) is 71.4 Å². The number of carbonyl (C=O) groups excluding carboxylic acids is 2. The molecule has 0 saturated carbocycles. The van der Waals surface area contributed by atoms with Crippen LogP contribution in [0.4, 0.5) is 53.9 Å². The first-order valence-electron chi connectivity index (χ1n) is 43.6. The molecule has 0 aliphatic carbocycles. The number of Topliss-reactive ketones (excluding diaryl/α,β-unsaturated/α-hetero) is 2. The lowest BCUT2D eigenvalue weighted by Crippen LogP contribution is -2.35. The highest BCUT2D eigenvalue weighted by molar-refractivity contribution is 7.87. The van der Waals surface area contributed by atoms with Crippen LogP contribution in [0.1, 0.15) is 92.6 Å². The molecule has 13 rings (SSSR count). The van der Waals surface area contributed by atoms with Crippen LogP contribution in [0, 0.1) is 98.5 Å². The van der Waals surface area contributed by atoms with E-state index in [1.165, 1.54) is 105 Å². The number of nitro groups is 7. The van der Waals surface area contributed by atoms with Crippen molar-refractivity contribution in [3.8, 4) is 0 Å². The first-order valence-corrected chi connectivity index (χ1v) is 49.2. The van der Waals surface area contributed by atoms with Crippen LogP contribution in [0.15, 0.2) is 222 Å². The number of unbranched alkanes of at least 4 members (excludes halogenated alkanes) is 1. The Labute approximate surface area is 847 Å². The lowest BCUT2D eigenvalue weighted by Gasteiger charge is -2.16. The molecule has 8 aromatic heterocycles. The molecule has 1 aliphatic heterocycles. The number of rotatable bonds is 46. The number of ether oxygens (including phenoxy) is 1. The number of halogens is 3. The van der Waals surface area contributed by atoms with Gasteiger partial charge < -0.3 is 111 Å². The highest BCUT2D eigenvalue weighted by Crippen LogP contribution is 2.34. The Hall–Kier alpha value is -15.5. The van der Waals surface area contributed by atoms with Crippen LogP contribution in [0.5, 0.6) is 0 Å². The number of allylic oxidation sites excluding steroid dienone is 1. The van der Waals surface area contributed by atoms with Crippen LogP contribution in [0.25, 0.3) is 0 Å². The van der Waals surface area contributed by atoms with Crippen molar-refractivity contribution >= 4 is 92.8 Å². The number of aliphatic hydroxyl groups excluding tert-OH is 7. The average Bonchev–Trinajstić information content (AvgIpc) is 1.69. The lowest BCUT2D eigenvalue weighted by molar-refractivity contribution is -0.394. The van der Waals surface area contributed by atoms with Gasteiger partial charge in [0, 0.05) is 19.3 Å². The average molecular weight is 2190 g/mol. The summed E-state index contributed by atoms with van der Waals surface area (Å²) < 4.78 is 167. The number of ketones is 2. The summed E-state index contributed by atoms with van der Waals surface area (Å²) in [5, 5.41) is 151. The van der Waals surface area contributed by atoms with Crippen molar-refractivity contribution in [3.63, 3.8) is 0 Å². The van der Waals surface area contributed by atoms with Crippen LogP contribution in [0.3, 0.4) is 0 Å². The van der Waals surface area contributed by atoms with E-state index in [1.807, 2.05) is 27.7 Å². The predicted octanol–water partition coefficient (Wildman–Crippen LogP) is 6.23. The summed E-state index contributed by atoms with van der Waals surface area (Å²) in [4.78, 5) is 118. The Morgan fingerprint density at radius 1 is 0.427 bits per heavy atom. The maximum Gasteiger partial charge on any atom is 0.344 e. The molecule has 12 aromatic rings. The number of aryl methyl sites for hydroxylation is 4. The molecule has 0 amide bonds. The molecule has 9 atom stereocenters.